The van der Waals surface area contributed by atoms with Crippen molar-refractivity contribution in [1.82, 2.24) is 5.32 Å². The third kappa shape index (κ3) is 3.31. The number of hydrogen-bond donors (Lipinski definition) is 2. The number of rotatable bonds is 4. The first-order valence-corrected chi connectivity index (χ1v) is 5.92. The molecule has 0 saturated carbocycles. The van der Waals surface area contributed by atoms with Crippen molar-refractivity contribution in [2.75, 3.05) is 0 Å². The molecule has 0 aliphatic heterocycles. The van der Waals surface area contributed by atoms with Gasteiger partial charge in [0.25, 0.3) is 0 Å². The fourth-order valence-electron chi connectivity index (χ4n) is 1.87. The van der Waals surface area contributed by atoms with Crippen molar-refractivity contribution < 1.29 is 9.50 Å². The minimum Gasteiger partial charge on any atom is -0.508 e. The van der Waals surface area contributed by atoms with Gasteiger partial charge in [-0.05, 0) is 30.2 Å². The van der Waals surface area contributed by atoms with Gasteiger partial charge in [-0.2, -0.15) is 0 Å². The van der Waals surface area contributed by atoms with Crippen LogP contribution in [0.15, 0.2) is 48.5 Å². The number of phenolic OH excluding ortho intramolecular Hbond substituents is 1. The maximum Gasteiger partial charge on any atom is 0.127 e. The Labute approximate surface area is 106 Å². The van der Waals surface area contributed by atoms with Crippen molar-refractivity contribution in [2.24, 2.45) is 0 Å². The van der Waals surface area contributed by atoms with Crippen molar-refractivity contribution >= 4 is 0 Å². The standard InChI is InChI=1S/C15H16FNO/c1-11(13-5-3-2-4-6-13)17-10-12-7-14(16)9-15(18)8-12/h2-9,11,17-18H,10H2,1H3/t11-/m1/s1. The number of hydrogen-bond acceptors (Lipinski definition) is 2. The molecule has 2 nitrogen and oxygen atoms in total. The molecule has 1 atom stereocenters. The lowest BCUT2D eigenvalue weighted by Crippen LogP contribution is -2.18. The first-order chi connectivity index (χ1) is 8.65. The molecule has 0 aliphatic rings. The second-order valence-corrected chi connectivity index (χ2v) is 4.33. The maximum absolute atomic E-state index is 13.1. The molecule has 2 aromatic rings. The Hall–Kier alpha value is -1.87. The van der Waals surface area contributed by atoms with Gasteiger partial charge in [-0.3, -0.25) is 0 Å². The highest BCUT2D eigenvalue weighted by Crippen LogP contribution is 2.16. The number of phenols is 1. The van der Waals surface area contributed by atoms with E-state index in [0.29, 0.717) is 6.54 Å². The fourth-order valence-corrected chi connectivity index (χ4v) is 1.87. The van der Waals surface area contributed by atoms with Crippen LogP contribution < -0.4 is 5.32 Å². The lowest BCUT2D eigenvalue weighted by Gasteiger charge is -2.14. The summed E-state index contributed by atoms with van der Waals surface area (Å²) < 4.78 is 13.1. The van der Waals surface area contributed by atoms with Crippen LogP contribution in [0.1, 0.15) is 24.1 Å². The highest BCUT2D eigenvalue weighted by Gasteiger charge is 2.05. The molecule has 0 bridgehead atoms. The van der Waals surface area contributed by atoms with E-state index in [9.17, 15) is 9.50 Å². The molecule has 0 saturated heterocycles. The van der Waals surface area contributed by atoms with Gasteiger partial charge in [0.05, 0.1) is 0 Å². The second kappa shape index (κ2) is 5.65. The Balaban J connectivity index is 1.99. The van der Waals surface area contributed by atoms with Gasteiger partial charge >= 0.3 is 0 Å². The zero-order chi connectivity index (χ0) is 13.0. The van der Waals surface area contributed by atoms with Gasteiger partial charge in [-0.15, -0.1) is 0 Å². The van der Waals surface area contributed by atoms with Crippen molar-refractivity contribution in [2.45, 2.75) is 19.5 Å². The lowest BCUT2D eigenvalue weighted by molar-refractivity contribution is 0.466. The molecule has 0 amide bonds. The number of aromatic hydroxyl groups is 1. The predicted molar refractivity (Wildman–Crippen MR) is 69.8 cm³/mol. The topological polar surface area (TPSA) is 32.3 Å². The minimum atomic E-state index is -0.417. The summed E-state index contributed by atoms with van der Waals surface area (Å²) in [6, 6.07) is 14.3. The highest BCUT2D eigenvalue weighted by molar-refractivity contribution is 5.28. The summed E-state index contributed by atoms with van der Waals surface area (Å²) in [5, 5.41) is 12.6. The molecular formula is C15H16FNO. The summed E-state index contributed by atoms with van der Waals surface area (Å²) in [5.74, 6) is -0.460. The lowest BCUT2D eigenvalue weighted by atomic mass is 10.1. The molecule has 18 heavy (non-hydrogen) atoms. The number of halogens is 1. The summed E-state index contributed by atoms with van der Waals surface area (Å²) in [7, 11) is 0. The van der Waals surface area contributed by atoms with Crippen LogP contribution >= 0.6 is 0 Å². The molecule has 2 N–H and O–H groups in total. The molecule has 94 valence electrons. The second-order valence-electron chi connectivity index (χ2n) is 4.33. The van der Waals surface area contributed by atoms with E-state index in [-0.39, 0.29) is 11.8 Å². The van der Waals surface area contributed by atoms with E-state index in [2.05, 4.69) is 12.2 Å². The molecule has 0 unspecified atom stereocenters. The summed E-state index contributed by atoms with van der Waals surface area (Å²) in [6.07, 6.45) is 0. The van der Waals surface area contributed by atoms with Crippen LogP contribution in [0.25, 0.3) is 0 Å². The molecule has 0 aromatic heterocycles. The largest absolute Gasteiger partial charge is 0.508 e. The van der Waals surface area contributed by atoms with Crippen LogP contribution in [0, 0.1) is 5.82 Å². The summed E-state index contributed by atoms with van der Waals surface area (Å²) in [6.45, 7) is 2.57. The van der Waals surface area contributed by atoms with E-state index < -0.39 is 5.82 Å². The zero-order valence-corrected chi connectivity index (χ0v) is 10.2. The molecule has 0 radical (unpaired) electrons. The van der Waals surface area contributed by atoms with Crippen LogP contribution in [0.4, 0.5) is 4.39 Å². The Bertz CT molecular complexity index is 493. The van der Waals surface area contributed by atoms with Gasteiger partial charge in [0.15, 0.2) is 0 Å². The first-order valence-electron chi connectivity index (χ1n) is 5.92. The third-order valence-corrected chi connectivity index (χ3v) is 2.85. The van der Waals surface area contributed by atoms with Crippen LogP contribution in [-0.4, -0.2) is 5.11 Å². The van der Waals surface area contributed by atoms with Gasteiger partial charge in [0.1, 0.15) is 11.6 Å². The van der Waals surface area contributed by atoms with Gasteiger partial charge in [-0.25, -0.2) is 4.39 Å². The van der Waals surface area contributed by atoms with Crippen molar-refractivity contribution in [3.63, 3.8) is 0 Å². The van der Waals surface area contributed by atoms with E-state index in [1.54, 1.807) is 6.07 Å². The molecular weight excluding hydrogens is 229 g/mol. The van der Waals surface area contributed by atoms with E-state index in [0.717, 1.165) is 11.6 Å². The monoisotopic (exact) mass is 245 g/mol. The molecule has 3 heteroatoms. The molecule has 0 fully saturated rings. The minimum absolute atomic E-state index is 0.0424. The van der Waals surface area contributed by atoms with Gasteiger partial charge in [0.2, 0.25) is 0 Å². The average Bonchev–Trinajstić information content (AvgIpc) is 2.36. The van der Waals surface area contributed by atoms with Gasteiger partial charge in [0, 0.05) is 18.7 Å². The number of benzene rings is 2. The van der Waals surface area contributed by atoms with Crippen LogP contribution in [0.5, 0.6) is 5.75 Å². The van der Waals surface area contributed by atoms with Crippen molar-refractivity contribution in [1.29, 1.82) is 0 Å². The quantitative estimate of drug-likeness (QED) is 0.865. The zero-order valence-electron chi connectivity index (χ0n) is 10.2. The smallest absolute Gasteiger partial charge is 0.127 e. The normalized spacial score (nSPS) is 12.3. The highest BCUT2D eigenvalue weighted by atomic mass is 19.1. The predicted octanol–water partition coefficient (Wildman–Crippen LogP) is 3.38. The summed E-state index contributed by atoms with van der Waals surface area (Å²) >= 11 is 0. The SMILES string of the molecule is C[C@@H](NCc1cc(O)cc(F)c1)c1ccccc1. The molecule has 2 rings (SSSR count). The van der Waals surface area contributed by atoms with Crippen molar-refractivity contribution in [3.8, 4) is 5.75 Å². The molecule has 0 spiro atoms. The van der Waals surface area contributed by atoms with Crippen LogP contribution in [0.3, 0.4) is 0 Å². The van der Waals surface area contributed by atoms with Crippen molar-refractivity contribution in [3.05, 3.63) is 65.5 Å². The van der Waals surface area contributed by atoms with E-state index in [4.69, 9.17) is 0 Å². The van der Waals surface area contributed by atoms with Gasteiger partial charge in [-0.1, -0.05) is 30.3 Å². The van der Waals surface area contributed by atoms with Crippen LogP contribution in [0.2, 0.25) is 0 Å². The Morgan fingerprint density at radius 2 is 1.89 bits per heavy atom. The van der Waals surface area contributed by atoms with E-state index in [1.807, 2.05) is 30.3 Å². The Morgan fingerprint density at radius 1 is 1.17 bits per heavy atom. The summed E-state index contributed by atoms with van der Waals surface area (Å²) in [4.78, 5) is 0. The van der Waals surface area contributed by atoms with E-state index >= 15 is 0 Å². The average molecular weight is 245 g/mol. The molecule has 0 heterocycles. The fraction of sp³-hybridized carbons (Fsp3) is 0.200. The van der Waals surface area contributed by atoms with Crippen LogP contribution in [-0.2, 0) is 6.54 Å². The number of nitrogens with one attached hydrogen (secondary N) is 1. The Morgan fingerprint density at radius 3 is 2.56 bits per heavy atom. The first kappa shape index (κ1) is 12.6. The van der Waals surface area contributed by atoms with Gasteiger partial charge < -0.3 is 10.4 Å². The summed E-state index contributed by atoms with van der Waals surface area (Å²) in [5.41, 5.74) is 1.91. The maximum atomic E-state index is 13.1. The molecule has 0 aliphatic carbocycles. The molecule has 2 aromatic carbocycles. The Kier molecular flexibility index (Phi) is 3.95. The van der Waals surface area contributed by atoms with E-state index in [1.165, 1.54) is 11.6 Å². The third-order valence-electron chi connectivity index (χ3n) is 2.85.